The van der Waals surface area contributed by atoms with Crippen molar-refractivity contribution in [2.45, 2.75) is 6.92 Å². The Labute approximate surface area is 193 Å². The SMILES string of the molecule is C#CCOc1c(Cl)cc(/C=C2/C(=O)NC(=O)N(c3ccc(C(=O)[O-])cc3)C2=O)cc1OCC. The van der Waals surface area contributed by atoms with Gasteiger partial charge in [0.2, 0.25) is 0 Å². The number of hydrogen-bond acceptors (Lipinski definition) is 7. The second-order valence-corrected chi connectivity index (χ2v) is 6.96. The van der Waals surface area contributed by atoms with Crippen molar-refractivity contribution >= 4 is 47.2 Å². The van der Waals surface area contributed by atoms with Gasteiger partial charge in [-0.05, 0) is 48.4 Å². The summed E-state index contributed by atoms with van der Waals surface area (Å²) in [5.74, 6) is -0.450. The number of aromatic carboxylic acids is 1. The maximum absolute atomic E-state index is 13.0. The van der Waals surface area contributed by atoms with E-state index >= 15 is 0 Å². The molecule has 1 fully saturated rings. The van der Waals surface area contributed by atoms with Crippen molar-refractivity contribution in [1.82, 2.24) is 5.32 Å². The number of barbiturate groups is 1. The Morgan fingerprint density at radius 1 is 1.21 bits per heavy atom. The van der Waals surface area contributed by atoms with Crippen LogP contribution in [-0.4, -0.2) is 37.0 Å². The van der Waals surface area contributed by atoms with Gasteiger partial charge in [-0.25, -0.2) is 9.69 Å². The number of urea groups is 1. The molecule has 2 aromatic rings. The third-order valence-electron chi connectivity index (χ3n) is 4.41. The molecule has 3 rings (SSSR count). The fourth-order valence-corrected chi connectivity index (χ4v) is 3.27. The fourth-order valence-electron chi connectivity index (χ4n) is 2.99. The number of nitrogens with zero attached hydrogens (tertiary/aromatic N) is 1. The second kappa shape index (κ2) is 9.89. The van der Waals surface area contributed by atoms with E-state index in [2.05, 4.69) is 11.2 Å². The van der Waals surface area contributed by atoms with E-state index in [0.29, 0.717) is 10.5 Å². The standard InChI is InChI=1S/C23H17ClN2O7/c1-3-9-33-19-17(24)11-13(12-18(19)32-4-2)10-16-20(27)25-23(31)26(21(16)28)15-7-5-14(6-8-15)22(29)30/h1,5-8,10-12H,4,9H2,2H3,(H,29,30)(H,25,27,31)/p-1/b16-10-. The van der Waals surface area contributed by atoms with Crippen molar-refractivity contribution in [2.75, 3.05) is 18.1 Å². The van der Waals surface area contributed by atoms with Crippen LogP contribution in [0.15, 0.2) is 42.0 Å². The van der Waals surface area contributed by atoms with Gasteiger partial charge in [-0.15, -0.1) is 6.42 Å². The topological polar surface area (TPSA) is 125 Å². The number of ether oxygens (including phenoxy) is 2. The first-order valence-electron chi connectivity index (χ1n) is 9.52. The van der Waals surface area contributed by atoms with Gasteiger partial charge in [0.25, 0.3) is 11.8 Å². The van der Waals surface area contributed by atoms with Crippen LogP contribution in [0.4, 0.5) is 10.5 Å². The van der Waals surface area contributed by atoms with Crippen molar-refractivity contribution in [2.24, 2.45) is 0 Å². The largest absolute Gasteiger partial charge is 0.545 e. The van der Waals surface area contributed by atoms with Gasteiger partial charge >= 0.3 is 6.03 Å². The summed E-state index contributed by atoms with van der Waals surface area (Å²) in [5, 5.41) is 13.2. The van der Waals surface area contributed by atoms with Gasteiger partial charge < -0.3 is 19.4 Å². The number of nitrogens with one attached hydrogen (secondary N) is 1. The lowest BCUT2D eigenvalue weighted by atomic mass is 10.1. The predicted molar refractivity (Wildman–Crippen MR) is 117 cm³/mol. The molecule has 0 bridgehead atoms. The summed E-state index contributed by atoms with van der Waals surface area (Å²) < 4.78 is 10.9. The highest BCUT2D eigenvalue weighted by atomic mass is 35.5. The van der Waals surface area contributed by atoms with E-state index in [0.717, 1.165) is 0 Å². The van der Waals surface area contributed by atoms with E-state index in [1.807, 2.05) is 0 Å². The summed E-state index contributed by atoms with van der Waals surface area (Å²) in [6.45, 7) is 1.98. The normalized spacial score (nSPS) is 14.6. The van der Waals surface area contributed by atoms with Gasteiger partial charge in [-0.1, -0.05) is 29.7 Å². The van der Waals surface area contributed by atoms with E-state index in [1.54, 1.807) is 6.92 Å². The number of hydrogen-bond donors (Lipinski definition) is 1. The van der Waals surface area contributed by atoms with Crippen LogP contribution in [0.1, 0.15) is 22.8 Å². The molecule has 0 unspecified atom stereocenters. The Hall–Kier alpha value is -4.29. The van der Waals surface area contributed by atoms with Crippen LogP contribution in [-0.2, 0) is 9.59 Å². The number of anilines is 1. The predicted octanol–water partition coefficient (Wildman–Crippen LogP) is 1.78. The van der Waals surface area contributed by atoms with Gasteiger partial charge in [-0.2, -0.15) is 0 Å². The second-order valence-electron chi connectivity index (χ2n) is 6.55. The minimum absolute atomic E-state index is 0.0467. The lowest BCUT2D eigenvalue weighted by molar-refractivity contribution is -0.255. The molecule has 1 heterocycles. The summed E-state index contributed by atoms with van der Waals surface area (Å²) in [6, 6.07) is 6.82. The molecular weight excluding hydrogens is 452 g/mol. The summed E-state index contributed by atoms with van der Waals surface area (Å²) in [6.07, 6.45) is 6.46. The maximum atomic E-state index is 13.0. The van der Waals surface area contributed by atoms with Crippen molar-refractivity contribution < 1.29 is 33.8 Å². The molecule has 4 amide bonds. The average Bonchev–Trinajstić information content (AvgIpc) is 2.76. The smallest absolute Gasteiger partial charge is 0.335 e. The van der Waals surface area contributed by atoms with Crippen molar-refractivity contribution in [1.29, 1.82) is 0 Å². The Bertz CT molecular complexity index is 1210. The number of carboxylic acids is 1. The highest BCUT2D eigenvalue weighted by Gasteiger charge is 2.36. The molecule has 1 saturated heterocycles. The molecule has 2 aromatic carbocycles. The molecule has 1 aliphatic rings. The van der Waals surface area contributed by atoms with Gasteiger partial charge in [-0.3, -0.25) is 14.9 Å². The van der Waals surface area contributed by atoms with Gasteiger partial charge in [0.05, 0.1) is 23.3 Å². The number of imide groups is 2. The first kappa shape index (κ1) is 23.4. The van der Waals surface area contributed by atoms with Crippen molar-refractivity contribution in [3.05, 3.63) is 58.1 Å². The number of carbonyl (C=O) groups excluding carboxylic acids is 4. The summed E-state index contributed by atoms with van der Waals surface area (Å²) in [7, 11) is 0. The van der Waals surface area contributed by atoms with Gasteiger partial charge in [0, 0.05) is 0 Å². The van der Waals surface area contributed by atoms with Crippen LogP contribution in [0, 0.1) is 12.3 Å². The Morgan fingerprint density at radius 3 is 2.52 bits per heavy atom. The van der Waals surface area contributed by atoms with Crippen LogP contribution in [0.2, 0.25) is 5.02 Å². The van der Waals surface area contributed by atoms with Gasteiger partial charge in [0.1, 0.15) is 12.2 Å². The fraction of sp³-hybridized carbons (Fsp3) is 0.130. The zero-order chi connectivity index (χ0) is 24.1. The molecule has 10 heteroatoms. The van der Waals surface area contributed by atoms with E-state index in [4.69, 9.17) is 27.5 Å². The summed E-state index contributed by atoms with van der Waals surface area (Å²) in [5.41, 5.74) is -0.0985. The number of amides is 4. The molecule has 0 aromatic heterocycles. The lowest BCUT2D eigenvalue weighted by Crippen LogP contribution is -2.54. The van der Waals surface area contributed by atoms with E-state index in [9.17, 15) is 24.3 Å². The molecular formula is C23H16ClN2O7-. The number of carbonyl (C=O) groups is 4. The molecule has 168 valence electrons. The van der Waals surface area contributed by atoms with E-state index < -0.39 is 23.8 Å². The molecule has 0 spiro atoms. The molecule has 33 heavy (non-hydrogen) atoms. The highest BCUT2D eigenvalue weighted by molar-refractivity contribution is 6.39. The molecule has 9 nitrogen and oxygen atoms in total. The molecule has 0 atom stereocenters. The van der Waals surface area contributed by atoms with Crippen LogP contribution >= 0.6 is 11.6 Å². The van der Waals surface area contributed by atoms with Crippen LogP contribution in [0.25, 0.3) is 6.08 Å². The van der Waals surface area contributed by atoms with Crippen molar-refractivity contribution in [3.8, 4) is 23.8 Å². The number of halogens is 1. The Kier molecular flexibility index (Phi) is 7.00. The zero-order valence-electron chi connectivity index (χ0n) is 17.2. The first-order chi connectivity index (χ1) is 15.8. The first-order valence-corrected chi connectivity index (χ1v) is 9.90. The van der Waals surface area contributed by atoms with Crippen LogP contribution in [0.5, 0.6) is 11.5 Å². The van der Waals surface area contributed by atoms with E-state index in [1.165, 1.54) is 42.5 Å². The van der Waals surface area contributed by atoms with Crippen LogP contribution < -0.4 is 24.8 Å². The average molecular weight is 468 g/mol. The summed E-state index contributed by atoms with van der Waals surface area (Å²) in [4.78, 5) is 49.4. The molecule has 1 N–H and O–H groups in total. The Morgan fingerprint density at radius 2 is 1.91 bits per heavy atom. The lowest BCUT2D eigenvalue weighted by Gasteiger charge is -2.26. The number of benzene rings is 2. The molecule has 1 aliphatic heterocycles. The van der Waals surface area contributed by atoms with E-state index in [-0.39, 0.29) is 46.6 Å². The zero-order valence-corrected chi connectivity index (χ0v) is 18.0. The summed E-state index contributed by atoms with van der Waals surface area (Å²) >= 11 is 6.28. The molecule has 0 saturated carbocycles. The molecule has 0 aliphatic carbocycles. The Balaban J connectivity index is 2.00. The maximum Gasteiger partial charge on any atom is 0.335 e. The number of carboxylic acid groups (broad SMARTS) is 1. The third kappa shape index (κ3) is 4.97. The quantitative estimate of drug-likeness (QED) is 0.374. The third-order valence-corrected chi connectivity index (χ3v) is 4.69. The highest BCUT2D eigenvalue weighted by Crippen LogP contribution is 2.37. The van der Waals surface area contributed by atoms with Gasteiger partial charge in [0.15, 0.2) is 11.5 Å². The van der Waals surface area contributed by atoms with Crippen LogP contribution in [0.3, 0.4) is 0 Å². The molecule has 0 radical (unpaired) electrons. The monoisotopic (exact) mass is 467 g/mol. The minimum Gasteiger partial charge on any atom is -0.545 e. The minimum atomic E-state index is -1.41. The number of rotatable bonds is 7. The van der Waals surface area contributed by atoms with Crippen molar-refractivity contribution in [3.63, 3.8) is 0 Å². The number of terminal acetylenes is 1.